The molecule has 0 aliphatic carbocycles. The normalized spacial score (nSPS) is 14.2. The molecule has 0 saturated heterocycles. The quantitative estimate of drug-likeness (QED) is 0.0310. The molecule has 5 N–H and O–H groups in total. The van der Waals surface area contributed by atoms with Gasteiger partial charge in [-0.25, -0.2) is 0 Å². The van der Waals surface area contributed by atoms with Crippen molar-refractivity contribution < 1.29 is 25.2 Å². The third kappa shape index (κ3) is 40.0. The molecule has 1 amide bonds. The minimum absolute atomic E-state index is 0.362. The molecule has 6 heteroatoms. The summed E-state index contributed by atoms with van der Waals surface area (Å²) < 4.78 is 0. The van der Waals surface area contributed by atoms with E-state index in [1.165, 1.54) is 173 Å². The van der Waals surface area contributed by atoms with E-state index in [0.717, 1.165) is 51.4 Å². The summed E-state index contributed by atoms with van der Waals surface area (Å²) in [4.78, 5) is 12.6. The molecule has 0 rings (SSSR count). The van der Waals surface area contributed by atoms with Gasteiger partial charge >= 0.3 is 0 Å². The Kier molecular flexibility index (Phi) is 45.4. The van der Waals surface area contributed by atoms with Crippen molar-refractivity contribution in [3.63, 3.8) is 0 Å². The van der Waals surface area contributed by atoms with Crippen molar-refractivity contribution in [2.75, 3.05) is 6.61 Å². The summed E-state index contributed by atoms with van der Waals surface area (Å²) in [7, 11) is 0. The van der Waals surface area contributed by atoms with Crippen LogP contribution >= 0.6 is 0 Å². The van der Waals surface area contributed by atoms with Crippen LogP contribution in [0.25, 0.3) is 0 Å². The molecule has 0 aliphatic heterocycles. The van der Waals surface area contributed by atoms with E-state index < -0.39 is 36.9 Å². The zero-order valence-electron chi connectivity index (χ0n) is 38.5. The monoisotopic (exact) mass is 818 g/mol. The lowest BCUT2D eigenvalue weighted by Crippen LogP contribution is -2.53. The van der Waals surface area contributed by atoms with Gasteiger partial charge in [-0.3, -0.25) is 4.79 Å². The highest BCUT2D eigenvalue weighted by Gasteiger charge is 2.28. The SMILES string of the molecule is CCCCCCCCC/C=C/CC/C=C/CC/C=C/CCCC(O)C(O)C(CO)NC(=O)C(O)CCCCCCCCCCCCCCCCCCCCCCCC. The first kappa shape index (κ1) is 56.5. The topological polar surface area (TPSA) is 110 Å². The fourth-order valence-corrected chi connectivity index (χ4v) is 7.79. The number of carbonyl (C=O) groups is 1. The van der Waals surface area contributed by atoms with Crippen LogP contribution in [0.2, 0.25) is 0 Å². The lowest BCUT2D eigenvalue weighted by molar-refractivity contribution is -0.132. The van der Waals surface area contributed by atoms with Crippen LogP contribution in [0.4, 0.5) is 0 Å². The van der Waals surface area contributed by atoms with Crippen LogP contribution in [-0.4, -0.2) is 57.3 Å². The third-order valence-electron chi connectivity index (χ3n) is 11.8. The van der Waals surface area contributed by atoms with Gasteiger partial charge in [0.2, 0.25) is 5.91 Å². The molecule has 58 heavy (non-hydrogen) atoms. The number of allylic oxidation sites excluding steroid dienone is 6. The average Bonchev–Trinajstić information content (AvgIpc) is 3.23. The summed E-state index contributed by atoms with van der Waals surface area (Å²) >= 11 is 0. The van der Waals surface area contributed by atoms with Crippen molar-refractivity contribution >= 4 is 5.91 Å². The van der Waals surface area contributed by atoms with E-state index in [0.29, 0.717) is 19.3 Å². The van der Waals surface area contributed by atoms with Gasteiger partial charge in [0.1, 0.15) is 12.2 Å². The molecule has 0 aromatic heterocycles. The molecule has 0 saturated carbocycles. The Morgan fingerprint density at radius 3 is 1.09 bits per heavy atom. The van der Waals surface area contributed by atoms with Gasteiger partial charge in [0.05, 0.1) is 18.8 Å². The molecule has 4 unspecified atom stereocenters. The second kappa shape index (κ2) is 46.6. The van der Waals surface area contributed by atoms with Crippen LogP contribution in [0.15, 0.2) is 36.5 Å². The smallest absolute Gasteiger partial charge is 0.249 e. The highest BCUT2D eigenvalue weighted by molar-refractivity contribution is 5.80. The Balaban J connectivity index is 3.73. The number of carbonyl (C=O) groups excluding carboxylic acids is 1. The second-order valence-electron chi connectivity index (χ2n) is 17.5. The number of hydrogen-bond donors (Lipinski definition) is 5. The summed E-state index contributed by atoms with van der Waals surface area (Å²) in [5.74, 6) is -0.596. The maximum Gasteiger partial charge on any atom is 0.249 e. The zero-order chi connectivity index (χ0) is 42.4. The largest absolute Gasteiger partial charge is 0.394 e. The number of aliphatic hydroxyl groups excluding tert-OH is 4. The molecule has 0 heterocycles. The molecule has 0 fully saturated rings. The Morgan fingerprint density at radius 2 is 0.724 bits per heavy atom. The van der Waals surface area contributed by atoms with E-state index in [9.17, 15) is 25.2 Å². The van der Waals surface area contributed by atoms with Gasteiger partial charge in [-0.1, -0.05) is 230 Å². The van der Waals surface area contributed by atoms with Crippen molar-refractivity contribution in [3.05, 3.63) is 36.5 Å². The molecule has 0 aromatic carbocycles. The number of rotatable bonds is 46. The molecule has 6 nitrogen and oxygen atoms in total. The molecule has 342 valence electrons. The van der Waals surface area contributed by atoms with Gasteiger partial charge in [-0.15, -0.1) is 0 Å². The highest BCUT2D eigenvalue weighted by Crippen LogP contribution is 2.17. The molecule has 0 aliphatic rings. The van der Waals surface area contributed by atoms with Crippen LogP contribution in [-0.2, 0) is 4.79 Å². The summed E-state index contributed by atoms with van der Waals surface area (Å²) in [6, 6.07) is -1.01. The summed E-state index contributed by atoms with van der Waals surface area (Å²) in [6.07, 6.45) is 56.2. The molecule has 0 aromatic rings. The molecule has 0 spiro atoms. The van der Waals surface area contributed by atoms with Gasteiger partial charge in [-0.2, -0.15) is 0 Å². The Labute approximate surface area is 360 Å². The van der Waals surface area contributed by atoms with E-state index in [1.807, 2.05) is 0 Å². The summed E-state index contributed by atoms with van der Waals surface area (Å²) in [5.41, 5.74) is 0. The predicted octanol–water partition coefficient (Wildman–Crippen LogP) is 14.1. The van der Waals surface area contributed by atoms with E-state index in [4.69, 9.17) is 0 Å². The molecule has 4 atom stereocenters. The zero-order valence-corrected chi connectivity index (χ0v) is 38.5. The van der Waals surface area contributed by atoms with Crippen molar-refractivity contribution in [2.24, 2.45) is 0 Å². The first-order valence-corrected chi connectivity index (χ1v) is 25.4. The number of unbranched alkanes of at least 4 members (excludes halogenated alkanes) is 31. The summed E-state index contributed by atoms with van der Waals surface area (Å²) in [5, 5.41) is 43.8. The molecular weight excluding hydrogens is 719 g/mol. The standard InChI is InChI=1S/C52H99NO5/c1-3-5-7-9-11-13-15-17-19-21-23-25-26-28-30-32-34-36-38-40-42-44-46-50(56)52(58)53-48(47-54)51(57)49(55)45-43-41-39-37-35-33-31-29-27-24-22-20-18-16-14-12-10-8-6-4-2/h20,22,29,31,37,39,48-51,54-57H,3-19,21,23-28,30,32-36,38,40-47H2,1-2H3,(H,53,58)/b22-20+,31-29+,39-37+. The van der Waals surface area contributed by atoms with Crippen LogP contribution in [0.5, 0.6) is 0 Å². The van der Waals surface area contributed by atoms with E-state index in [-0.39, 0.29) is 0 Å². The lowest BCUT2D eigenvalue weighted by Gasteiger charge is -2.27. The lowest BCUT2D eigenvalue weighted by atomic mass is 10.00. The van der Waals surface area contributed by atoms with Crippen molar-refractivity contribution in [1.29, 1.82) is 0 Å². The fraction of sp³-hybridized carbons (Fsp3) is 0.865. The van der Waals surface area contributed by atoms with Gasteiger partial charge in [0.15, 0.2) is 0 Å². The molecule has 0 bridgehead atoms. The maximum atomic E-state index is 12.6. The van der Waals surface area contributed by atoms with Gasteiger partial charge in [0, 0.05) is 0 Å². The van der Waals surface area contributed by atoms with Gasteiger partial charge in [-0.05, 0) is 64.2 Å². The van der Waals surface area contributed by atoms with E-state index in [2.05, 4.69) is 55.6 Å². The van der Waals surface area contributed by atoms with Gasteiger partial charge < -0.3 is 25.7 Å². The number of hydrogen-bond acceptors (Lipinski definition) is 5. The number of amides is 1. The Morgan fingerprint density at radius 1 is 0.414 bits per heavy atom. The molecular formula is C52H99NO5. The van der Waals surface area contributed by atoms with E-state index in [1.54, 1.807) is 0 Å². The minimum Gasteiger partial charge on any atom is -0.394 e. The van der Waals surface area contributed by atoms with Crippen molar-refractivity contribution in [3.8, 4) is 0 Å². The predicted molar refractivity (Wildman–Crippen MR) is 251 cm³/mol. The van der Waals surface area contributed by atoms with E-state index >= 15 is 0 Å². The average molecular weight is 818 g/mol. The van der Waals surface area contributed by atoms with Crippen LogP contribution in [0.3, 0.4) is 0 Å². The first-order chi connectivity index (χ1) is 28.5. The van der Waals surface area contributed by atoms with Crippen molar-refractivity contribution in [1.82, 2.24) is 5.32 Å². The third-order valence-corrected chi connectivity index (χ3v) is 11.8. The first-order valence-electron chi connectivity index (χ1n) is 25.4. The number of nitrogens with one attached hydrogen (secondary N) is 1. The molecule has 0 radical (unpaired) electrons. The number of aliphatic hydroxyl groups is 4. The Bertz CT molecular complexity index is 919. The maximum absolute atomic E-state index is 12.6. The minimum atomic E-state index is -1.29. The van der Waals surface area contributed by atoms with Crippen LogP contribution in [0.1, 0.15) is 258 Å². The van der Waals surface area contributed by atoms with Gasteiger partial charge in [0.25, 0.3) is 0 Å². The van der Waals surface area contributed by atoms with Crippen LogP contribution in [0, 0.1) is 0 Å². The summed E-state index contributed by atoms with van der Waals surface area (Å²) in [6.45, 7) is 4.05. The second-order valence-corrected chi connectivity index (χ2v) is 17.5. The van der Waals surface area contributed by atoms with Crippen molar-refractivity contribution in [2.45, 2.75) is 282 Å². The Hall–Kier alpha value is -1.47. The fourth-order valence-electron chi connectivity index (χ4n) is 7.79. The van der Waals surface area contributed by atoms with Crippen LogP contribution < -0.4 is 5.32 Å². The highest BCUT2D eigenvalue weighted by atomic mass is 16.3.